The molecule has 1 N–H and O–H groups in total. The first-order valence-corrected chi connectivity index (χ1v) is 6.39. The van der Waals surface area contributed by atoms with Crippen molar-refractivity contribution >= 4 is 11.9 Å². The Kier molecular flexibility index (Phi) is 4.97. The number of carbonyl (C=O) groups is 2. The number of carbonyl (C=O) groups excluding carboxylic acids is 1. The second-order valence-corrected chi connectivity index (χ2v) is 5.50. The molecule has 1 amide bonds. The first-order valence-electron chi connectivity index (χ1n) is 6.39. The van der Waals surface area contributed by atoms with Crippen molar-refractivity contribution in [3.63, 3.8) is 0 Å². The van der Waals surface area contributed by atoms with Crippen molar-refractivity contribution < 1.29 is 14.7 Å². The van der Waals surface area contributed by atoms with Crippen LogP contribution in [0.25, 0.3) is 0 Å². The van der Waals surface area contributed by atoms with Gasteiger partial charge in [0.25, 0.3) is 0 Å². The molecular weight excluding hydrogens is 218 g/mol. The zero-order chi connectivity index (χ0) is 13.0. The number of nitrogens with zero attached hydrogens (tertiary/aromatic N) is 1. The number of rotatable bonds is 4. The van der Waals surface area contributed by atoms with Crippen LogP contribution in [0, 0.1) is 17.8 Å². The van der Waals surface area contributed by atoms with Gasteiger partial charge in [0.15, 0.2) is 0 Å². The molecule has 0 aromatic heterocycles. The minimum atomic E-state index is -0.716. The average molecular weight is 241 g/mol. The molecule has 1 rings (SSSR count). The number of amides is 1. The Morgan fingerprint density at radius 1 is 1.18 bits per heavy atom. The molecule has 0 heterocycles. The van der Waals surface area contributed by atoms with Gasteiger partial charge in [-0.1, -0.05) is 13.8 Å². The van der Waals surface area contributed by atoms with E-state index in [1.54, 1.807) is 4.90 Å². The van der Waals surface area contributed by atoms with E-state index in [-0.39, 0.29) is 17.7 Å². The summed E-state index contributed by atoms with van der Waals surface area (Å²) in [7, 11) is 1.84. The molecule has 4 nitrogen and oxygen atoms in total. The van der Waals surface area contributed by atoms with Crippen LogP contribution in [0.4, 0.5) is 0 Å². The van der Waals surface area contributed by atoms with E-state index in [2.05, 4.69) is 13.8 Å². The Bertz CT molecular complexity index is 280. The van der Waals surface area contributed by atoms with Gasteiger partial charge in [0.2, 0.25) is 5.91 Å². The van der Waals surface area contributed by atoms with Crippen molar-refractivity contribution in [1.29, 1.82) is 0 Å². The molecule has 0 bridgehead atoms. The highest BCUT2D eigenvalue weighted by Crippen LogP contribution is 2.30. The molecule has 0 radical (unpaired) electrons. The van der Waals surface area contributed by atoms with E-state index in [1.807, 2.05) is 7.05 Å². The molecule has 0 spiro atoms. The standard InChI is InChI=1S/C13H23NO3/c1-9(2)8-14(3)12(15)10-4-6-11(7-5-10)13(16)17/h9-11H,4-8H2,1-3H3,(H,16,17). The van der Waals surface area contributed by atoms with Crippen LogP contribution in [0.2, 0.25) is 0 Å². The summed E-state index contributed by atoms with van der Waals surface area (Å²) in [6.45, 7) is 4.95. The SMILES string of the molecule is CC(C)CN(C)C(=O)C1CCC(C(=O)O)CC1. The zero-order valence-corrected chi connectivity index (χ0v) is 11.0. The molecule has 0 aromatic carbocycles. The van der Waals surface area contributed by atoms with E-state index >= 15 is 0 Å². The lowest BCUT2D eigenvalue weighted by Crippen LogP contribution is -2.37. The first kappa shape index (κ1) is 14.0. The Morgan fingerprint density at radius 2 is 1.65 bits per heavy atom. The maximum atomic E-state index is 12.1. The third-order valence-electron chi connectivity index (χ3n) is 3.44. The summed E-state index contributed by atoms with van der Waals surface area (Å²) in [5, 5.41) is 8.90. The fraction of sp³-hybridized carbons (Fsp3) is 0.846. The van der Waals surface area contributed by atoms with Crippen LogP contribution >= 0.6 is 0 Å². The maximum Gasteiger partial charge on any atom is 0.306 e. The summed E-state index contributed by atoms with van der Waals surface area (Å²) >= 11 is 0. The van der Waals surface area contributed by atoms with E-state index in [0.717, 1.165) is 19.4 Å². The van der Waals surface area contributed by atoms with Gasteiger partial charge < -0.3 is 10.0 Å². The fourth-order valence-corrected chi connectivity index (χ4v) is 2.54. The van der Waals surface area contributed by atoms with Crippen LogP contribution in [0.15, 0.2) is 0 Å². The van der Waals surface area contributed by atoms with E-state index < -0.39 is 5.97 Å². The van der Waals surface area contributed by atoms with Gasteiger partial charge in [0.1, 0.15) is 0 Å². The van der Waals surface area contributed by atoms with Crippen molar-refractivity contribution in [3.8, 4) is 0 Å². The zero-order valence-electron chi connectivity index (χ0n) is 11.0. The second-order valence-electron chi connectivity index (χ2n) is 5.50. The lowest BCUT2D eigenvalue weighted by molar-refractivity contribution is -0.145. The first-order chi connectivity index (χ1) is 7.91. The number of carboxylic acids is 1. The minimum Gasteiger partial charge on any atom is -0.481 e. The predicted octanol–water partition coefficient (Wildman–Crippen LogP) is 1.99. The summed E-state index contributed by atoms with van der Waals surface area (Å²) in [4.78, 5) is 24.7. The molecule has 4 heteroatoms. The molecule has 0 aromatic rings. The molecule has 0 atom stereocenters. The van der Waals surface area contributed by atoms with Gasteiger partial charge in [0, 0.05) is 19.5 Å². The third-order valence-corrected chi connectivity index (χ3v) is 3.44. The molecule has 1 fully saturated rings. The summed E-state index contributed by atoms with van der Waals surface area (Å²) in [6.07, 6.45) is 2.72. The van der Waals surface area contributed by atoms with E-state index in [0.29, 0.717) is 18.8 Å². The lowest BCUT2D eigenvalue weighted by atomic mass is 9.81. The Morgan fingerprint density at radius 3 is 2.06 bits per heavy atom. The number of aliphatic carboxylic acids is 1. The van der Waals surface area contributed by atoms with Crippen molar-refractivity contribution in [2.75, 3.05) is 13.6 Å². The van der Waals surface area contributed by atoms with Gasteiger partial charge >= 0.3 is 5.97 Å². The minimum absolute atomic E-state index is 0.0364. The quantitative estimate of drug-likeness (QED) is 0.819. The van der Waals surface area contributed by atoms with Crippen LogP contribution in [0.5, 0.6) is 0 Å². The molecule has 0 unspecified atom stereocenters. The van der Waals surface area contributed by atoms with E-state index in [4.69, 9.17) is 5.11 Å². The van der Waals surface area contributed by atoms with Crippen LogP contribution < -0.4 is 0 Å². The predicted molar refractivity (Wildman–Crippen MR) is 65.6 cm³/mol. The largest absolute Gasteiger partial charge is 0.481 e. The molecule has 1 saturated carbocycles. The van der Waals surface area contributed by atoms with Crippen LogP contribution in [0.3, 0.4) is 0 Å². The van der Waals surface area contributed by atoms with Crippen molar-refractivity contribution in [1.82, 2.24) is 4.90 Å². The van der Waals surface area contributed by atoms with Gasteiger partial charge in [-0.2, -0.15) is 0 Å². The van der Waals surface area contributed by atoms with Crippen LogP contribution in [-0.2, 0) is 9.59 Å². The Balaban J connectivity index is 2.43. The van der Waals surface area contributed by atoms with Gasteiger partial charge in [-0.05, 0) is 31.6 Å². The van der Waals surface area contributed by atoms with Crippen LogP contribution in [0.1, 0.15) is 39.5 Å². The van der Waals surface area contributed by atoms with E-state index in [9.17, 15) is 9.59 Å². The van der Waals surface area contributed by atoms with E-state index in [1.165, 1.54) is 0 Å². The number of carboxylic acid groups (broad SMARTS) is 1. The normalized spacial score (nSPS) is 24.7. The third kappa shape index (κ3) is 4.02. The van der Waals surface area contributed by atoms with Crippen molar-refractivity contribution in [2.45, 2.75) is 39.5 Å². The fourth-order valence-electron chi connectivity index (χ4n) is 2.54. The van der Waals surface area contributed by atoms with Crippen LogP contribution in [-0.4, -0.2) is 35.5 Å². The second kappa shape index (κ2) is 6.03. The number of hydrogen-bond donors (Lipinski definition) is 1. The summed E-state index contributed by atoms with van der Waals surface area (Å²) in [6, 6.07) is 0. The van der Waals surface area contributed by atoms with Gasteiger partial charge in [-0.25, -0.2) is 0 Å². The highest BCUT2D eigenvalue weighted by atomic mass is 16.4. The lowest BCUT2D eigenvalue weighted by Gasteiger charge is -2.29. The number of hydrogen-bond acceptors (Lipinski definition) is 2. The topological polar surface area (TPSA) is 57.6 Å². The molecule has 1 aliphatic carbocycles. The summed E-state index contributed by atoms with van der Waals surface area (Å²) < 4.78 is 0. The summed E-state index contributed by atoms with van der Waals surface area (Å²) in [5.41, 5.74) is 0. The Hall–Kier alpha value is -1.06. The highest BCUT2D eigenvalue weighted by Gasteiger charge is 2.31. The van der Waals surface area contributed by atoms with Crippen molar-refractivity contribution in [3.05, 3.63) is 0 Å². The maximum absolute atomic E-state index is 12.1. The highest BCUT2D eigenvalue weighted by molar-refractivity contribution is 5.79. The molecule has 1 aliphatic rings. The molecule has 98 valence electrons. The molecule has 0 saturated heterocycles. The van der Waals surface area contributed by atoms with Crippen molar-refractivity contribution in [2.24, 2.45) is 17.8 Å². The monoisotopic (exact) mass is 241 g/mol. The van der Waals surface area contributed by atoms with Gasteiger partial charge in [0.05, 0.1) is 5.92 Å². The van der Waals surface area contributed by atoms with Gasteiger partial charge in [-0.3, -0.25) is 9.59 Å². The Labute approximate surface area is 103 Å². The van der Waals surface area contributed by atoms with Gasteiger partial charge in [-0.15, -0.1) is 0 Å². The smallest absolute Gasteiger partial charge is 0.306 e. The molecular formula is C13H23NO3. The summed E-state index contributed by atoms with van der Waals surface area (Å²) in [5.74, 6) is -0.267. The molecule has 0 aliphatic heterocycles. The molecule has 17 heavy (non-hydrogen) atoms. The average Bonchev–Trinajstić information content (AvgIpc) is 2.27.